The first-order valence-electron chi connectivity index (χ1n) is 14.5. The Morgan fingerprint density at radius 3 is 2.40 bits per heavy atom. The molecule has 9 heteroatoms. The number of nitrogens with zero attached hydrogens (tertiary/aromatic N) is 1. The predicted molar refractivity (Wildman–Crippen MR) is 164 cm³/mol. The van der Waals surface area contributed by atoms with Gasteiger partial charge < -0.3 is 20.6 Å². The fraction of sp³-hybridized carbons (Fsp3) is 0.710. The van der Waals surface area contributed by atoms with E-state index in [-0.39, 0.29) is 45.7 Å². The van der Waals surface area contributed by atoms with E-state index in [0.29, 0.717) is 13.0 Å². The van der Waals surface area contributed by atoms with Gasteiger partial charge in [-0.1, -0.05) is 87.3 Å². The molecule has 3 N–H and O–H groups in total. The van der Waals surface area contributed by atoms with E-state index in [4.69, 9.17) is 0 Å². The third-order valence-electron chi connectivity index (χ3n) is 8.87. The zero-order valence-corrected chi connectivity index (χ0v) is 27.3. The summed E-state index contributed by atoms with van der Waals surface area (Å²) in [5.74, 6) is -1.70. The summed E-state index contributed by atoms with van der Waals surface area (Å²) in [4.78, 5) is 44.2. The summed E-state index contributed by atoms with van der Waals surface area (Å²) in [7, 11) is 0. The van der Waals surface area contributed by atoms with Crippen LogP contribution in [0.2, 0.25) is 0 Å². The molecule has 3 aliphatic rings. The van der Waals surface area contributed by atoms with E-state index in [1.807, 2.05) is 58.0 Å². The Labute approximate surface area is 252 Å². The van der Waals surface area contributed by atoms with Gasteiger partial charge in [0.05, 0.1) is 29.2 Å². The highest BCUT2D eigenvalue weighted by atomic mass is 79.9. The van der Waals surface area contributed by atoms with Crippen molar-refractivity contribution in [1.29, 1.82) is 0 Å². The number of likely N-dealkylation sites (tertiary alicyclic amines) is 1. The van der Waals surface area contributed by atoms with Gasteiger partial charge in [0.2, 0.25) is 17.7 Å². The topological polar surface area (TPSA) is 98.7 Å². The Morgan fingerprint density at radius 1 is 1.18 bits per heavy atom. The van der Waals surface area contributed by atoms with Gasteiger partial charge in [0.25, 0.3) is 0 Å². The van der Waals surface area contributed by atoms with Crippen molar-refractivity contribution in [2.24, 2.45) is 23.2 Å². The molecule has 3 fully saturated rings. The van der Waals surface area contributed by atoms with E-state index >= 15 is 0 Å². The first-order chi connectivity index (χ1) is 18.7. The van der Waals surface area contributed by atoms with Crippen molar-refractivity contribution in [3.8, 4) is 0 Å². The molecule has 3 saturated heterocycles. The number of carbonyl (C=O) groups excluding carboxylic acids is 3. The molecule has 1 spiro atoms. The number of carbonyl (C=O) groups is 3. The summed E-state index contributed by atoms with van der Waals surface area (Å²) in [5, 5.41) is 16.8. The molecule has 0 aliphatic carbocycles. The third kappa shape index (κ3) is 5.84. The Kier molecular flexibility index (Phi) is 9.09. The van der Waals surface area contributed by atoms with Gasteiger partial charge in [-0.15, -0.1) is 11.8 Å². The highest BCUT2D eigenvalue weighted by Gasteiger charge is 2.76. The van der Waals surface area contributed by atoms with E-state index < -0.39 is 34.2 Å². The van der Waals surface area contributed by atoms with Gasteiger partial charge in [-0.25, -0.2) is 0 Å². The van der Waals surface area contributed by atoms with E-state index in [2.05, 4.69) is 47.3 Å². The highest BCUT2D eigenvalue weighted by Crippen LogP contribution is 2.68. The second-order valence-corrected chi connectivity index (χ2v) is 16.6. The van der Waals surface area contributed by atoms with Crippen LogP contribution >= 0.6 is 27.7 Å². The van der Waals surface area contributed by atoms with Crippen molar-refractivity contribution in [1.82, 2.24) is 15.5 Å². The quantitative estimate of drug-likeness (QED) is 0.329. The van der Waals surface area contributed by atoms with Crippen LogP contribution in [0.4, 0.5) is 0 Å². The number of benzene rings is 1. The molecule has 0 saturated carbocycles. The maximum atomic E-state index is 14.4. The van der Waals surface area contributed by atoms with Crippen LogP contribution in [0.1, 0.15) is 73.3 Å². The Hall–Kier alpha value is -1.58. The zero-order valence-electron chi connectivity index (χ0n) is 24.9. The smallest absolute Gasteiger partial charge is 0.244 e. The van der Waals surface area contributed by atoms with Crippen LogP contribution in [-0.2, 0) is 20.9 Å². The van der Waals surface area contributed by atoms with Gasteiger partial charge in [0.15, 0.2) is 0 Å². The molecule has 8 atom stereocenters. The number of nitrogens with one attached hydrogen (secondary N) is 2. The lowest BCUT2D eigenvalue weighted by Crippen LogP contribution is -2.61. The summed E-state index contributed by atoms with van der Waals surface area (Å²) in [6.45, 7) is 14.7. The molecular weight excluding hydrogens is 590 g/mol. The van der Waals surface area contributed by atoms with Crippen LogP contribution in [0.5, 0.6) is 0 Å². The van der Waals surface area contributed by atoms with E-state index in [9.17, 15) is 19.5 Å². The van der Waals surface area contributed by atoms with Crippen molar-refractivity contribution in [2.45, 2.75) is 107 Å². The number of thioether (sulfide) groups is 1. The fourth-order valence-corrected chi connectivity index (χ4v) is 11.1. The third-order valence-corrected chi connectivity index (χ3v) is 12.1. The minimum absolute atomic E-state index is 0.00281. The molecule has 3 aliphatic heterocycles. The van der Waals surface area contributed by atoms with Gasteiger partial charge in [-0.05, 0) is 43.6 Å². The minimum Gasteiger partial charge on any atom is -0.394 e. The number of aliphatic hydroxyl groups is 1. The van der Waals surface area contributed by atoms with Gasteiger partial charge in [0.1, 0.15) is 6.04 Å². The fourth-order valence-electron chi connectivity index (χ4n) is 7.51. The molecule has 1 aromatic rings. The van der Waals surface area contributed by atoms with Crippen LogP contribution in [-0.4, -0.2) is 66.8 Å². The van der Waals surface area contributed by atoms with E-state index in [1.54, 1.807) is 16.7 Å². The summed E-state index contributed by atoms with van der Waals surface area (Å²) in [5.41, 5.74) is 0.494. The molecule has 3 amide bonds. The monoisotopic (exact) mass is 635 g/mol. The van der Waals surface area contributed by atoms with Gasteiger partial charge >= 0.3 is 0 Å². The van der Waals surface area contributed by atoms with Gasteiger partial charge in [0, 0.05) is 22.2 Å². The molecule has 3 unspecified atom stereocenters. The van der Waals surface area contributed by atoms with Crippen molar-refractivity contribution in [3.63, 3.8) is 0 Å². The summed E-state index contributed by atoms with van der Waals surface area (Å²) >= 11 is 5.47. The second-order valence-electron chi connectivity index (χ2n) is 13.9. The lowest BCUT2D eigenvalue weighted by Gasteiger charge is -2.41. The van der Waals surface area contributed by atoms with Crippen LogP contribution < -0.4 is 10.6 Å². The zero-order chi connectivity index (χ0) is 29.6. The van der Waals surface area contributed by atoms with Gasteiger partial charge in [-0.3, -0.25) is 14.4 Å². The molecule has 0 radical (unpaired) electrons. The van der Waals surface area contributed by atoms with Crippen LogP contribution in [0, 0.1) is 23.2 Å². The summed E-state index contributed by atoms with van der Waals surface area (Å²) < 4.78 is -0.743. The first-order valence-corrected chi connectivity index (χ1v) is 16.3. The van der Waals surface area contributed by atoms with Crippen molar-refractivity contribution < 1.29 is 19.5 Å². The van der Waals surface area contributed by atoms with Crippen LogP contribution in [0.3, 0.4) is 0 Å². The number of halogens is 1. The van der Waals surface area contributed by atoms with Gasteiger partial charge in [-0.2, -0.15) is 0 Å². The van der Waals surface area contributed by atoms with Crippen molar-refractivity contribution in [3.05, 3.63) is 35.9 Å². The lowest BCUT2D eigenvalue weighted by atomic mass is 9.70. The lowest BCUT2D eigenvalue weighted by molar-refractivity contribution is -0.144. The SMILES string of the molecule is CC[C@H](C)[C@H](CO)N1C(=O)[C@@H]2[C@@H](C(=O)NCc3ccccc3)[C@@H]3SC2(CC3Br)C1C(=O)NC(C)(C)CC(C)(C)C. The summed E-state index contributed by atoms with van der Waals surface area (Å²) in [6, 6.07) is 8.47. The van der Waals surface area contributed by atoms with Crippen LogP contribution in [0.25, 0.3) is 0 Å². The molecular formula is C31H46BrN3O4S. The molecule has 4 rings (SSSR count). The number of alkyl halides is 1. The number of hydrogen-bond acceptors (Lipinski definition) is 5. The highest BCUT2D eigenvalue weighted by molar-refractivity contribution is 9.09. The number of amides is 3. The maximum Gasteiger partial charge on any atom is 0.244 e. The van der Waals surface area contributed by atoms with Crippen molar-refractivity contribution in [2.75, 3.05) is 6.61 Å². The van der Waals surface area contributed by atoms with E-state index in [1.165, 1.54) is 0 Å². The molecule has 0 aromatic heterocycles. The molecule has 222 valence electrons. The number of hydrogen-bond donors (Lipinski definition) is 3. The summed E-state index contributed by atoms with van der Waals surface area (Å²) in [6.07, 6.45) is 2.14. The normalized spacial score (nSPS) is 31.2. The van der Waals surface area contributed by atoms with Crippen molar-refractivity contribution >= 4 is 45.4 Å². The van der Waals surface area contributed by atoms with Crippen LogP contribution in [0.15, 0.2) is 30.3 Å². The Morgan fingerprint density at radius 2 is 1.82 bits per heavy atom. The standard InChI is InChI=1S/C31H46BrN3O4S/c1-8-18(2)21(16-36)35-25(27(38)34-30(6,7)17-29(3,4)5)31-14-20(32)24(40-31)22(23(31)28(35)39)26(37)33-15-19-12-10-9-11-13-19/h9-13,18,20-25,36H,8,14-17H2,1-7H3,(H,33,37)(H,34,38)/t18-,20?,21-,22+,23-,24+,25?,31?/m0/s1. The average molecular weight is 637 g/mol. The minimum atomic E-state index is -0.766. The molecule has 3 heterocycles. The second kappa shape index (κ2) is 11.6. The Bertz CT molecular complexity index is 1110. The number of rotatable bonds is 10. The number of fused-ring (bicyclic) bond motifs is 1. The molecule has 2 bridgehead atoms. The molecule has 7 nitrogen and oxygen atoms in total. The first kappa shape index (κ1) is 31.4. The Balaban J connectivity index is 1.71. The average Bonchev–Trinajstić information content (AvgIpc) is 3.45. The maximum absolute atomic E-state index is 14.4. The largest absolute Gasteiger partial charge is 0.394 e. The number of aliphatic hydroxyl groups excluding tert-OH is 1. The predicted octanol–water partition coefficient (Wildman–Crippen LogP) is 4.51. The molecule has 40 heavy (non-hydrogen) atoms. The van der Waals surface area contributed by atoms with E-state index in [0.717, 1.165) is 18.4 Å². The molecule has 1 aromatic carbocycles.